The van der Waals surface area contributed by atoms with Crippen LogP contribution in [0.25, 0.3) is 0 Å². The summed E-state index contributed by atoms with van der Waals surface area (Å²) in [5.41, 5.74) is 0.282. The number of carbonyl (C=O) groups is 1. The van der Waals surface area contributed by atoms with E-state index in [-0.39, 0.29) is 11.4 Å². The van der Waals surface area contributed by atoms with Gasteiger partial charge < -0.3 is 9.84 Å². The lowest BCUT2D eigenvalue weighted by Crippen LogP contribution is -2.59. The first-order chi connectivity index (χ1) is 10.4. The molecule has 1 heterocycles. The highest BCUT2D eigenvalue weighted by atomic mass is 16.6. The Morgan fingerprint density at radius 3 is 2.64 bits per heavy atom. The van der Waals surface area contributed by atoms with Crippen molar-refractivity contribution in [3.63, 3.8) is 0 Å². The van der Waals surface area contributed by atoms with Crippen LogP contribution in [0, 0.1) is 40.4 Å². The number of aliphatic hydroxyl groups is 1. The molecule has 0 aromatic heterocycles. The first-order valence-corrected chi connectivity index (χ1v) is 9.25. The van der Waals surface area contributed by atoms with Crippen molar-refractivity contribution in [2.45, 2.75) is 72.0 Å². The van der Waals surface area contributed by atoms with Crippen molar-refractivity contribution in [2.24, 2.45) is 40.4 Å². The molecule has 22 heavy (non-hydrogen) atoms. The molecule has 8 atom stereocenters. The van der Waals surface area contributed by atoms with E-state index in [1.165, 1.54) is 32.1 Å². The molecule has 4 aliphatic rings. The standard InChI is InChI=1S/C19H30O3/c1-11-4-7-14-13-6-5-12-10-16(20)22-17(21)19(12,3)15(13)8-9-18(11,14)2/h11-15,17,21H,4-10H2,1-3H3/t11-,12+,13+,14+,15+,17?,18-,19+/m1/s1. The van der Waals surface area contributed by atoms with Crippen molar-refractivity contribution >= 4 is 5.97 Å². The van der Waals surface area contributed by atoms with E-state index in [1.54, 1.807) is 0 Å². The Morgan fingerprint density at radius 1 is 1.09 bits per heavy atom. The van der Waals surface area contributed by atoms with Crippen LogP contribution in [0.5, 0.6) is 0 Å². The molecule has 0 aromatic rings. The molecule has 1 aliphatic heterocycles. The van der Waals surface area contributed by atoms with E-state index >= 15 is 0 Å². The van der Waals surface area contributed by atoms with E-state index in [2.05, 4.69) is 20.8 Å². The Hall–Kier alpha value is -0.570. The van der Waals surface area contributed by atoms with Crippen LogP contribution in [-0.2, 0) is 9.53 Å². The van der Waals surface area contributed by atoms with Gasteiger partial charge in [-0.2, -0.15) is 0 Å². The highest BCUT2D eigenvalue weighted by molar-refractivity contribution is 5.71. The molecular formula is C19H30O3. The fourth-order valence-electron chi connectivity index (χ4n) is 6.94. The zero-order valence-electron chi connectivity index (χ0n) is 14.2. The third-order valence-electron chi connectivity index (χ3n) is 8.63. The minimum absolute atomic E-state index is 0.205. The van der Waals surface area contributed by atoms with Gasteiger partial charge in [-0.1, -0.05) is 20.8 Å². The average molecular weight is 306 g/mol. The minimum atomic E-state index is -0.894. The van der Waals surface area contributed by atoms with Crippen molar-refractivity contribution in [3.8, 4) is 0 Å². The van der Waals surface area contributed by atoms with E-state index < -0.39 is 6.29 Å². The van der Waals surface area contributed by atoms with Crippen LogP contribution in [0.1, 0.15) is 65.7 Å². The van der Waals surface area contributed by atoms with Gasteiger partial charge in [-0.3, -0.25) is 4.79 Å². The van der Waals surface area contributed by atoms with Gasteiger partial charge in [0.25, 0.3) is 0 Å². The molecule has 0 spiro atoms. The molecule has 3 heteroatoms. The molecule has 4 rings (SSSR count). The molecule has 3 nitrogen and oxygen atoms in total. The summed E-state index contributed by atoms with van der Waals surface area (Å²) in [5, 5.41) is 10.6. The lowest BCUT2D eigenvalue weighted by molar-refractivity contribution is -0.256. The van der Waals surface area contributed by atoms with Gasteiger partial charge in [0.15, 0.2) is 0 Å². The number of aliphatic hydroxyl groups excluding tert-OH is 1. The SMILES string of the molecule is C[C@@H]1CC[C@H]2[C@@H]3CC[C@H]4CC(=O)OC(O)[C@]4(C)[C@H]3CC[C@]12C. The molecule has 1 saturated heterocycles. The van der Waals surface area contributed by atoms with Gasteiger partial charge in [0.1, 0.15) is 0 Å². The number of ether oxygens (including phenoxy) is 1. The van der Waals surface area contributed by atoms with Crippen LogP contribution < -0.4 is 0 Å². The van der Waals surface area contributed by atoms with E-state index in [0.717, 1.165) is 24.2 Å². The van der Waals surface area contributed by atoms with Crippen LogP contribution in [0.4, 0.5) is 0 Å². The Kier molecular flexibility index (Phi) is 3.21. The number of hydrogen-bond donors (Lipinski definition) is 1. The molecule has 4 fully saturated rings. The fourth-order valence-corrected chi connectivity index (χ4v) is 6.94. The van der Waals surface area contributed by atoms with Gasteiger partial charge in [0, 0.05) is 11.8 Å². The highest BCUT2D eigenvalue weighted by Gasteiger charge is 2.62. The Morgan fingerprint density at radius 2 is 1.86 bits per heavy atom. The number of carbonyl (C=O) groups excluding carboxylic acids is 1. The lowest BCUT2D eigenvalue weighted by atomic mass is 9.46. The number of cyclic esters (lactones) is 1. The maximum absolute atomic E-state index is 11.7. The highest BCUT2D eigenvalue weighted by Crippen LogP contribution is 2.66. The van der Waals surface area contributed by atoms with Crippen LogP contribution in [0.3, 0.4) is 0 Å². The molecule has 1 unspecified atom stereocenters. The van der Waals surface area contributed by atoms with E-state index in [1.807, 2.05) is 0 Å². The minimum Gasteiger partial charge on any atom is -0.435 e. The second kappa shape index (κ2) is 4.72. The van der Waals surface area contributed by atoms with Gasteiger partial charge in [0.2, 0.25) is 6.29 Å². The quantitative estimate of drug-likeness (QED) is 0.693. The van der Waals surface area contributed by atoms with Gasteiger partial charge in [-0.05, 0) is 73.5 Å². The van der Waals surface area contributed by atoms with E-state index in [0.29, 0.717) is 23.7 Å². The Balaban J connectivity index is 1.67. The molecule has 3 saturated carbocycles. The van der Waals surface area contributed by atoms with E-state index in [9.17, 15) is 9.90 Å². The summed E-state index contributed by atoms with van der Waals surface area (Å²) in [4.78, 5) is 11.7. The average Bonchev–Trinajstić information content (AvgIpc) is 2.77. The number of esters is 1. The zero-order chi connectivity index (χ0) is 15.7. The van der Waals surface area contributed by atoms with Gasteiger partial charge >= 0.3 is 5.97 Å². The Bertz CT molecular complexity index is 489. The molecule has 0 radical (unpaired) electrons. The topological polar surface area (TPSA) is 46.5 Å². The summed E-state index contributed by atoms with van der Waals surface area (Å²) in [6.07, 6.45) is 7.15. The van der Waals surface area contributed by atoms with Crippen LogP contribution >= 0.6 is 0 Å². The first kappa shape index (κ1) is 15.0. The van der Waals surface area contributed by atoms with Crippen molar-refractivity contribution in [1.82, 2.24) is 0 Å². The molecule has 124 valence electrons. The summed E-state index contributed by atoms with van der Waals surface area (Å²) < 4.78 is 5.28. The second-order valence-corrected chi connectivity index (χ2v) is 9.09. The third-order valence-corrected chi connectivity index (χ3v) is 8.63. The maximum Gasteiger partial charge on any atom is 0.308 e. The predicted octanol–water partition coefficient (Wildman–Crippen LogP) is 3.75. The zero-order valence-corrected chi connectivity index (χ0v) is 14.2. The Labute approximate surface area is 133 Å². The van der Waals surface area contributed by atoms with Crippen molar-refractivity contribution in [1.29, 1.82) is 0 Å². The van der Waals surface area contributed by atoms with Gasteiger partial charge in [-0.25, -0.2) is 0 Å². The summed E-state index contributed by atoms with van der Waals surface area (Å²) in [6.45, 7) is 7.15. The number of hydrogen-bond acceptors (Lipinski definition) is 3. The molecule has 0 aromatic carbocycles. The van der Waals surface area contributed by atoms with Crippen LogP contribution in [0.2, 0.25) is 0 Å². The fraction of sp³-hybridized carbons (Fsp3) is 0.947. The van der Waals surface area contributed by atoms with Crippen molar-refractivity contribution in [3.05, 3.63) is 0 Å². The van der Waals surface area contributed by atoms with Gasteiger partial charge in [-0.15, -0.1) is 0 Å². The van der Waals surface area contributed by atoms with Crippen LogP contribution in [0.15, 0.2) is 0 Å². The van der Waals surface area contributed by atoms with Gasteiger partial charge in [0.05, 0.1) is 0 Å². The largest absolute Gasteiger partial charge is 0.435 e. The van der Waals surface area contributed by atoms with Crippen molar-refractivity contribution in [2.75, 3.05) is 0 Å². The summed E-state index contributed by atoms with van der Waals surface area (Å²) in [6, 6.07) is 0. The second-order valence-electron chi connectivity index (χ2n) is 9.09. The molecule has 0 bridgehead atoms. The number of fused-ring (bicyclic) bond motifs is 5. The normalized spacial score (nSPS) is 57.5. The maximum atomic E-state index is 11.7. The summed E-state index contributed by atoms with van der Waals surface area (Å²) >= 11 is 0. The first-order valence-electron chi connectivity index (χ1n) is 9.25. The predicted molar refractivity (Wildman–Crippen MR) is 83.8 cm³/mol. The number of rotatable bonds is 0. The monoisotopic (exact) mass is 306 g/mol. The van der Waals surface area contributed by atoms with Crippen molar-refractivity contribution < 1.29 is 14.6 Å². The lowest BCUT2D eigenvalue weighted by Gasteiger charge is -2.60. The molecule has 3 aliphatic carbocycles. The molecular weight excluding hydrogens is 276 g/mol. The third kappa shape index (κ3) is 1.75. The van der Waals surface area contributed by atoms with E-state index in [4.69, 9.17) is 4.74 Å². The smallest absolute Gasteiger partial charge is 0.308 e. The summed E-state index contributed by atoms with van der Waals surface area (Å²) in [7, 11) is 0. The van der Waals surface area contributed by atoms with Crippen LogP contribution in [-0.4, -0.2) is 17.4 Å². The molecule has 1 N–H and O–H groups in total. The summed E-state index contributed by atoms with van der Waals surface area (Å²) in [5.74, 6) is 2.99. The molecule has 0 amide bonds.